The van der Waals surface area contributed by atoms with E-state index in [1.165, 1.54) is 0 Å². The maximum absolute atomic E-state index is 12.3. The van der Waals surface area contributed by atoms with Crippen molar-refractivity contribution in [3.05, 3.63) is 36.0 Å². The van der Waals surface area contributed by atoms with Crippen molar-refractivity contribution in [2.75, 3.05) is 17.2 Å². The highest BCUT2D eigenvalue weighted by molar-refractivity contribution is 6.05. The zero-order valence-corrected chi connectivity index (χ0v) is 12.3. The lowest BCUT2D eigenvalue weighted by Crippen LogP contribution is -2.25. The molecule has 0 fully saturated rings. The predicted molar refractivity (Wildman–Crippen MR) is 81.1 cm³/mol. The molecule has 0 saturated heterocycles. The smallest absolute Gasteiger partial charge is 0.262 e. The largest absolute Gasteiger partial charge is 0.482 e. The molecule has 0 saturated carbocycles. The molecule has 114 valence electrons. The van der Waals surface area contributed by atoms with E-state index in [4.69, 9.17) is 4.74 Å². The molecule has 3 rings (SSSR count). The van der Waals surface area contributed by atoms with E-state index in [0.717, 1.165) is 0 Å². The Bertz CT molecular complexity index is 736. The molecular weight excluding hydrogens is 284 g/mol. The number of rotatable bonds is 3. The topological polar surface area (TPSA) is 85.2 Å². The van der Waals surface area contributed by atoms with Gasteiger partial charge in [0, 0.05) is 17.7 Å². The number of hydrogen-bond donors (Lipinski definition) is 2. The lowest BCUT2D eigenvalue weighted by molar-refractivity contribution is -0.118. The molecule has 0 aliphatic carbocycles. The number of hydrogen-bond acceptors (Lipinski definition) is 4. The molecule has 2 N–H and O–H groups in total. The van der Waals surface area contributed by atoms with Crippen LogP contribution in [-0.4, -0.2) is 28.2 Å². The van der Waals surface area contributed by atoms with Crippen molar-refractivity contribution in [2.24, 2.45) is 0 Å². The maximum atomic E-state index is 12.3. The minimum atomic E-state index is -0.259. The van der Waals surface area contributed by atoms with Crippen molar-refractivity contribution in [3.63, 3.8) is 0 Å². The molecular formula is C15H16N4O3. The summed E-state index contributed by atoms with van der Waals surface area (Å²) in [5, 5.41) is 9.68. The summed E-state index contributed by atoms with van der Waals surface area (Å²) in [6, 6.07) is 6.79. The van der Waals surface area contributed by atoms with Crippen LogP contribution in [0.3, 0.4) is 0 Å². The third kappa shape index (κ3) is 2.65. The van der Waals surface area contributed by atoms with Gasteiger partial charge in [0.15, 0.2) is 6.61 Å². The number of fused-ring (bicyclic) bond motifs is 1. The minimum absolute atomic E-state index is 0.0435. The van der Waals surface area contributed by atoms with Gasteiger partial charge in [-0.3, -0.25) is 9.59 Å². The van der Waals surface area contributed by atoms with Crippen LogP contribution in [0.5, 0.6) is 5.75 Å². The average Bonchev–Trinajstić information content (AvgIpc) is 2.95. The monoisotopic (exact) mass is 300 g/mol. The molecule has 1 aliphatic heterocycles. The SMILES string of the molecule is CC(C)n1nccc1NC(=O)c1ccc2c(c1)OCC(=O)N2. The number of nitrogens with one attached hydrogen (secondary N) is 2. The first-order chi connectivity index (χ1) is 10.5. The van der Waals surface area contributed by atoms with Gasteiger partial charge in [-0.15, -0.1) is 0 Å². The van der Waals surface area contributed by atoms with Gasteiger partial charge in [0.2, 0.25) is 0 Å². The molecule has 2 amide bonds. The van der Waals surface area contributed by atoms with Crippen LogP contribution in [0.2, 0.25) is 0 Å². The Morgan fingerprint density at radius 3 is 3.00 bits per heavy atom. The zero-order valence-electron chi connectivity index (χ0n) is 12.3. The molecule has 0 atom stereocenters. The molecule has 2 aromatic rings. The molecule has 0 unspecified atom stereocenters. The van der Waals surface area contributed by atoms with Gasteiger partial charge in [-0.2, -0.15) is 5.10 Å². The standard InChI is InChI=1S/C15H16N4O3/c1-9(2)19-13(5-6-16-19)18-15(21)10-3-4-11-12(7-10)22-8-14(20)17-11/h3-7,9H,8H2,1-2H3,(H,17,20)(H,18,21). The van der Waals surface area contributed by atoms with Crippen LogP contribution in [0.4, 0.5) is 11.5 Å². The Kier molecular flexibility index (Phi) is 3.54. The Hall–Kier alpha value is -2.83. The third-order valence-corrected chi connectivity index (χ3v) is 3.28. The van der Waals surface area contributed by atoms with Gasteiger partial charge >= 0.3 is 0 Å². The summed E-state index contributed by atoms with van der Waals surface area (Å²) in [5.41, 5.74) is 1.02. The number of benzene rings is 1. The quantitative estimate of drug-likeness (QED) is 0.908. The minimum Gasteiger partial charge on any atom is -0.482 e. The number of carbonyl (C=O) groups excluding carboxylic acids is 2. The second-order valence-corrected chi connectivity index (χ2v) is 5.26. The molecule has 0 bridgehead atoms. The molecule has 0 radical (unpaired) electrons. The Morgan fingerprint density at radius 2 is 2.23 bits per heavy atom. The van der Waals surface area contributed by atoms with Crippen molar-refractivity contribution in [1.82, 2.24) is 9.78 Å². The second kappa shape index (κ2) is 5.51. The van der Waals surface area contributed by atoms with Crippen molar-refractivity contribution in [3.8, 4) is 5.75 Å². The molecule has 1 aromatic carbocycles. The summed E-state index contributed by atoms with van der Waals surface area (Å²) in [6.07, 6.45) is 1.64. The summed E-state index contributed by atoms with van der Waals surface area (Å²) in [5.74, 6) is 0.660. The highest BCUT2D eigenvalue weighted by Crippen LogP contribution is 2.28. The fraction of sp³-hybridized carbons (Fsp3) is 0.267. The highest BCUT2D eigenvalue weighted by atomic mass is 16.5. The highest BCUT2D eigenvalue weighted by Gasteiger charge is 2.18. The van der Waals surface area contributed by atoms with Crippen LogP contribution in [0.1, 0.15) is 30.2 Å². The van der Waals surface area contributed by atoms with Gasteiger partial charge < -0.3 is 15.4 Å². The first-order valence-electron chi connectivity index (χ1n) is 6.96. The summed E-state index contributed by atoms with van der Waals surface area (Å²) in [4.78, 5) is 23.6. The van der Waals surface area contributed by atoms with E-state index in [-0.39, 0.29) is 24.5 Å². The summed E-state index contributed by atoms with van der Waals surface area (Å²) >= 11 is 0. The van der Waals surface area contributed by atoms with Crippen LogP contribution in [0.15, 0.2) is 30.5 Å². The molecule has 2 heterocycles. The van der Waals surface area contributed by atoms with Crippen LogP contribution in [0, 0.1) is 0 Å². The summed E-state index contributed by atoms with van der Waals surface area (Å²) in [7, 11) is 0. The average molecular weight is 300 g/mol. The van der Waals surface area contributed by atoms with E-state index in [2.05, 4.69) is 15.7 Å². The predicted octanol–water partition coefficient (Wildman–Crippen LogP) is 2.05. The number of aromatic nitrogens is 2. The number of nitrogens with zero attached hydrogens (tertiary/aromatic N) is 2. The molecule has 1 aromatic heterocycles. The van der Waals surface area contributed by atoms with E-state index in [1.807, 2.05) is 13.8 Å². The molecule has 0 spiro atoms. The van der Waals surface area contributed by atoms with Gasteiger partial charge in [-0.1, -0.05) is 0 Å². The first-order valence-corrected chi connectivity index (χ1v) is 6.96. The van der Waals surface area contributed by atoms with E-state index in [1.54, 1.807) is 35.1 Å². The number of carbonyl (C=O) groups is 2. The first kappa shape index (κ1) is 14.1. The van der Waals surface area contributed by atoms with E-state index in [9.17, 15) is 9.59 Å². The van der Waals surface area contributed by atoms with Crippen LogP contribution < -0.4 is 15.4 Å². The lowest BCUT2D eigenvalue weighted by Gasteiger charge is -2.18. The van der Waals surface area contributed by atoms with Crippen molar-refractivity contribution in [2.45, 2.75) is 19.9 Å². The summed E-state index contributed by atoms with van der Waals surface area (Å²) < 4.78 is 7.04. The fourth-order valence-electron chi connectivity index (χ4n) is 2.23. The van der Waals surface area contributed by atoms with Crippen molar-refractivity contribution >= 4 is 23.3 Å². The summed E-state index contributed by atoms with van der Waals surface area (Å²) in [6.45, 7) is 3.92. The maximum Gasteiger partial charge on any atom is 0.262 e. The van der Waals surface area contributed by atoms with Gasteiger partial charge in [0.25, 0.3) is 11.8 Å². The van der Waals surface area contributed by atoms with Gasteiger partial charge in [0.1, 0.15) is 11.6 Å². The number of ether oxygens (including phenoxy) is 1. The van der Waals surface area contributed by atoms with E-state index < -0.39 is 0 Å². The van der Waals surface area contributed by atoms with Crippen LogP contribution in [0.25, 0.3) is 0 Å². The van der Waals surface area contributed by atoms with Gasteiger partial charge in [-0.25, -0.2) is 4.68 Å². The third-order valence-electron chi connectivity index (χ3n) is 3.28. The number of amides is 2. The number of anilines is 2. The molecule has 22 heavy (non-hydrogen) atoms. The van der Waals surface area contributed by atoms with Gasteiger partial charge in [-0.05, 0) is 32.0 Å². The Balaban J connectivity index is 1.81. The van der Waals surface area contributed by atoms with Crippen molar-refractivity contribution in [1.29, 1.82) is 0 Å². The van der Waals surface area contributed by atoms with E-state index in [0.29, 0.717) is 22.8 Å². The van der Waals surface area contributed by atoms with Crippen molar-refractivity contribution < 1.29 is 14.3 Å². The molecule has 1 aliphatic rings. The Morgan fingerprint density at radius 1 is 1.41 bits per heavy atom. The molecule has 7 nitrogen and oxygen atoms in total. The van der Waals surface area contributed by atoms with Crippen LogP contribution >= 0.6 is 0 Å². The lowest BCUT2D eigenvalue weighted by atomic mass is 10.1. The molecule has 7 heteroatoms. The Labute approximate surface area is 127 Å². The second-order valence-electron chi connectivity index (χ2n) is 5.26. The van der Waals surface area contributed by atoms with E-state index >= 15 is 0 Å². The fourth-order valence-corrected chi connectivity index (χ4v) is 2.23. The van der Waals surface area contributed by atoms with Gasteiger partial charge in [0.05, 0.1) is 11.9 Å². The zero-order chi connectivity index (χ0) is 15.7. The normalized spacial score (nSPS) is 13.3. The van der Waals surface area contributed by atoms with Crippen LogP contribution in [-0.2, 0) is 4.79 Å².